The summed E-state index contributed by atoms with van der Waals surface area (Å²) in [5.41, 5.74) is 1.74. The maximum absolute atomic E-state index is 12.7. The Kier molecular flexibility index (Phi) is 2.68. The first-order valence-corrected chi connectivity index (χ1v) is 4.62. The van der Waals surface area contributed by atoms with Crippen molar-refractivity contribution in [3.8, 4) is 16.9 Å². The van der Waals surface area contributed by atoms with Gasteiger partial charge in [0.15, 0.2) is 0 Å². The minimum Gasteiger partial charge on any atom is -0.496 e. The minimum absolute atomic E-state index is 0.242. The lowest BCUT2D eigenvalue weighted by molar-refractivity contribution is 0.416. The van der Waals surface area contributed by atoms with Crippen LogP contribution in [0.2, 0.25) is 0 Å². The molecule has 0 fully saturated rings. The Morgan fingerprint density at radius 2 is 1.87 bits per heavy atom. The van der Waals surface area contributed by atoms with Gasteiger partial charge in [-0.15, -0.1) is 0 Å². The molecular weight excluding hydrogens is 191 g/mol. The van der Waals surface area contributed by atoms with Crippen molar-refractivity contribution in [2.75, 3.05) is 7.11 Å². The van der Waals surface area contributed by atoms with Gasteiger partial charge in [0.2, 0.25) is 0 Å². The van der Waals surface area contributed by atoms with Crippen LogP contribution in [-0.2, 0) is 0 Å². The summed E-state index contributed by atoms with van der Waals surface area (Å²) in [4.78, 5) is 0. The van der Waals surface area contributed by atoms with Gasteiger partial charge in [-0.25, -0.2) is 4.39 Å². The normalized spacial score (nSPS) is 10.0. The van der Waals surface area contributed by atoms with E-state index in [4.69, 9.17) is 4.74 Å². The van der Waals surface area contributed by atoms with Crippen molar-refractivity contribution in [3.63, 3.8) is 0 Å². The zero-order chi connectivity index (χ0) is 10.7. The number of rotatable bonds is 2. The lowest BCUT2D eigenvalue weighted by Crippen LogP contribution is -1.87. The molecule has 0 amide bonds. The quantitative estimate of drug-likeness (QED) is 0.724. The van der Waals surface area contributed by atoms with Crippen molar-refractivity contribution in [2.24, 2.45) is 0 Å². The van der Waals surface area contributed by atoms with Gasteiger partial charge < -0.3 is 4.74 Å². The summed E-state index contributed by atoms with van der Waals surface area (Å²) >= 11 is 0. The van der Waals surface area contributed by atoms with Crippen LogP contribution in [0.5, 0.6) is 5.75 Å². The number of hydrogen-bond donors (Lipinski definition) is 0. The fourth-order valence-corrected chi connectivity index (χ4v) is 1.43. The van der Waals surface area contributed by atoms with Crippen molar-refractivity contribution in [3.05, 3.63) is 54.3 Å². The molecule has 2 heteroatoms. The zero-order valence-electron chi connectivity index (χ0n) is 8.33. The molecular formula is C13H10FO. The van der Waals surface area contributed by atoms with Gasteiger partial charge in [-0.2, -0.15) is 0 Å². The first-order valence-electron chi connectivity index (χ1n) is 4.62. The Bertz CT molecular complexity index is 448. The SMILES string of the molecule is COc1ccc[c]c1-c1ccc(F)cc1. The molecule has 0 heterocycles. The van der Waals surface area contributed by atoms with Crippen LogP contribution < -0.4 is 4.74 Å². The fourth-order valence-electron chi connectivity index (χ4n) is 1.43. The summed E-state index contributed by atoms with van der Waals surface area (Å²) in [5.74, 6) is 0.498. The zero-order valence-corrected chi connectivity index (χ0v) is 8.33. The third-order valence-corrected chi connectivity index (χ3v) is 2.17. The molecule has 0 N–H and O–H groups in total. The molecule has 0 spiro atoms. The van der Waals surface area contributed by atoms with Crippen LogP contribution in [0.3, 0.4) is 0 Å². The average Bonchev–Trinajstić information content (AvgIpc) is 2.30. The average molecular weight is 201 g/mol. The van der Waals surface area contributed by atoms with Gasteiger partial charge in [-0.05, 0) is 29.8 Å². The standard InChI is InChI=1S/C13H10FO/c1-15-13-5-3-2-4-12(13)10-6-8-11(14)9-7-10/h2-3,5-9H,1H3. The van der Waals surface area contributed by atoms with E-state index in [1.54, 1.807) is 25.3 Å². The van der Waals surface area contributed by atoms with Gasteiger partial charge in [0.05, 0.1) is 7.11 Å². The second-order valence-electron chi connectivity index (χ2n) is 3.12. The number of methoxy groups -OCH3 is 1. The maximum Gasteiger partial charge on any atom is 0.127 e. The summed E-state index contributed by atoms with van der Waals surface area (Å²) in [7, 11) is 1.61. The predicted molar refractivity (Wildman–Crippen MR) is 57.2 cm³/mol. The third-order valence-electron chi connectivity index (χ3n) is 2.17. The molecule has 75 valence electrons. The van der Waals surface area contributed by atoms with E-state index in [2.05, 4.69) is 6.07 Å². The number of hydrogen-bond acceptors (Lipinski definition) is 1. The Hall–Kier alpha value is -1.83. The van der Waals surface area contributed by atoms with Crippen molar-refractivity contribution in [1.82, 2.24) is 0 Å². The van der Waals surface area contributed by atoms with Crippen LogP contribution in [-0.4, -0.2) is 7.11 Å². The fraction of sp³-hybridized carbons (Fsp3) is 0.0769. The van der Waals surface area contributed by atoms with Crippen LogP contribution >= 0.6 is 0 Å². The molecule has 2 rings (SSSR count). The number of ether oxygens (including phenoxy) is 1. The summed E-state index contributed by atoms with van der Waals surface area (Å²) < 4.78 is 17.9. The van der Waals surface area contributed by atoms with Gasteiger partial charge >= 0.3 is 0 Å². The molecule has 0 unspecified atom stereocenters. The van der Waals surface area contributed by atoms with Gasteiger partial charge in [-0.1, -0.05) is 24.3 Å². The number of halogens is 1. The predicted octanol–water partition coefficient (Wildman–Crippen LogP) is 3.30. The van der Waals surface area contributed by atoms with E-state index in [0.717, 1.165) is 16.9 Å². The van der Waals surface area contributed by atoms with E-state index in [0.29, 0.717) is 0 Å². The van der Waals surface area contributed by atoms with E-state index >= 15 is 0 Å². The van der Waals surface area contributed by atoms with Crippen molar-refractivity contribution in [2.45, 2.75) is 0 Å². The van der Waals surface area contributed by atoms with Crippen molar-refractivity contribution >= 4 is 0 Å². The summed E-state index contributed by atoms with van der Waals surface area (Å²) in [5, 5.41) is 0. The highest BCUT2D eigenvalue weighted by Crippen LogP contribution is 2.28. The summed E-state index contributed by atoms with van der Waals surface area (Å²) in [6.45, 7) is 0. The second-order valence-corrected chi connectivity index (χ2v) is 3.12. The smallest absolute Gasteiger partial charge is 0.127 e. The molecule has 1 radical (unpaired) electrons. The molecule has 2 aromatic rings. The molecule has 1 nitrogen and oxygen atoms in total. The Balaban J connectivity index is 2.49. The van der Waals surface area contributed by atoms with Crippen LogP contribution in [0.15, 0.2) is 42.5 Å². The van der Waals surface area contributed by atoms with Crippen LogP contribution in [0, 0.1) is 11.9 Å². The monoisotopic (exact) mass is 201 g/mol. The first kappa shape index (κ1) is 9.71. The van der Waals surface area contributed by atoms with E-state index in [-0.39, 0.29) is 5.82 Å². The molecule has 0 aliphatic rings. The molecule has 2 aromatic carbocycles. The Morgan fingerprint density at radius 3 is 2.53 bits per heavy atom. The van der Waals surface area contributed by atoms with E-state index < -0.39 is 0 Å². The molecule has 0 aliphatic heterocycles. The topological polar surface area (TPSA) is 9.23 Å². The summed E-state index contributed by atoms with van der Waals surface area (Å²) in [6.07, 6.45) is 0. The lowest BCUT2D eigenvalue weighted by atomic mass is 10.0. The lowest BCUT2D eigenvalue weighted by Gasteiger charge is -2.07. The van der Waals surface area contributed by atoms with Crippen molar-refractivity contribution in [1.29, 1.82) is 0 Å². The van der Waals surface area contributed by atoms with E-state index in [1.807, 2.05) is 12.1 Å². The Labute approximate surface area is 88.1 Å². The second kappa shape index (κ2) is 4.13. The summed E-state index contributed by atoms with van der Waals surface area (Å²) in [6, 6.07) is 14.9. The van der Waals surface area contributed by atoms with E-state index in [1.165, 1.54) is 12.1 Å². The highest BCUT2D eigenvalue weighted by Gasteiger charge is 2.04. The highest BCUT2D eigenvalue weighted by atomic mass is 19.1. The molecule has 0 aliphatic carbocycles. The molecule has 0 saturated carbocycles. The molecule has 0 aromatic heterocycles. The van der Waals surface area contributed by atoms with Crippen molar-refractivity contribution < 1.29 is 9.13 Å². The largest absolute Gasteiger partial charge is 0.496 e. The Morgan fingerprint density at radius 1 is 1.13 bits per heavy atom. The van der Waals surface area contributed by atoms with Crippen LogP contribution in [0.1, 0.15) is 0 Å². The highest BCUT2D eigenvalue weighted by molar-refractivity contribution is 5.69. The maximum atomic E-state index is 12.7. The molecule has 0 saturated heterocycles. The van der Waals surface area contributed by atoms with Crippen LogP contribution in [0.25, 0.3) is 11.1 Å². The number of benzene rings is 2. The molecule has 0 bridgehead atoms. The van der Waals surface area contributed by atoms with Crippen LogP contribution in [0.4, 0.5) is 4.39 Å². The van der Waals surface area contributed by atoms with Gasteiger partial charge in [0.1, 0.15) is 11.6 Å². The molecule has 15 heavy (non-hydrogen) atoms. The third kappa shape index (κ3) is 1.99. The minimum atomic E-state index is -0.242. The van der Waals surface area contributed by atoms with Gasteiger partial charge in [0, 0.05) is 5.56 Å². The van der Waals surface area contributed by atoms with Gasteiger partial charge in [0.25, 0.3) is 0 Å². The first-order chi connectivity index (χ1) is 7.31. The van der Waals surface area contributed by atoms with E-state index in [9.17, 15) is 4.39 Å². The van der Waals surface area contributed by atoms with Gasteiger partial charge in [-0.3, -0.25) is 0 Å². The molecule has 0 atom stereocenters.